The molecule has 0 fully saturated rings. The highest BCUT2D eigenvalue weighted by atomic mass is 16.5. The van der Waals surface area contributed by atoms with Crippen LogP contribution in [0.25, 0.3) is 0 Å². The molecule has 9 heteroatoms. The van der Waals surface area contributed by atoms with Crippen LogP contribution in [-0.2, 0) is 22.4 Å². The van der Waals surface area contributed by atoms with Crippen molar-refractivity contribution in [2.24, 2.45) is 0 Å². The minimum Gasteiger partial charge on any atom is -0.493 e. The Kier molecular flexibility index (Phi) is 12.7. The summed E-state index contributed by atoms with van der Waals surface area (Å²) in [7, 11) is 3.33. The third kappa shape index (κ3) is 9.16. The van der Waals surface area contributed by atoms with Crippen molar-refractivity contribution in [1.29, 1.82) is 0 Å². The number of rotatable bonds is 17. The van der Waals surface area contributed by atoms with Gasteiger partial charge in [-0.05, 0) is 68.1 Å². The molecule has 0 radical (unpaired) electrons. The second-order valence-electron chi connectivity index (χ2n) is 9.26. The molecule has 1 amide bonds. The molecule has 0 aliphatic carbocycles. The summed E-state index contributed by atoms with van der Waals surface area (Å²) in [6.07, 6.45) is 2.89. The minimum absolute atomic E-state index is 0.00117. The van der Waals surface area contributed by atoms with E-state index >= 15 is 0 Å². The lowest BCUT2D eigenvalue weighted by Crippen LogP contribution is -2.32. The third-order valence-corrected chi connectivity index (χ3v) is 6.46. The van der Waals surface area contributed by atoms with Crippen molar-refractivity contribution in [1.82, 2.24) is 10.2 Å². The first kappa shape index (κ1) is 29.7. The maximum Gasteiger partial charge on any atom is 0.255 e. The number of nitrogens with one attached hydrogen (secondary N) is 1. The number of methoxy groups -OCH3 is 2. The molecule has 1 aliphatic heterocycles. The molecule has 3 rings (SSSR count). The van der Waals surface area contributed by atoms with E-state index in [1.165, 1.54) is 11.1 Å². The predicted molar refractivity (Wildman–Crippen MR) is 145 cm³/mol. The van der Waals surface area contributed by atoms with Gasteiger partial charge < -0.3 is 34.1 Å². The fourth-order valence-corrected chi connectivity index (χ4v) is 4.43. The number of amides is 1. The quantitative estimate of drug-likeness (QED) is 0.301. The first-order chi connectivity index (χ1) is 18.5. The molecular weight excluding hydrogens is 488 g/mol. The van der Waals surface area contributed by atoms with E-state index in [0.717, 1.165) is 56.0 Å². The summed E-state index contributed by atoms with van der Waals surface area (Å²) in [5.41, 5.74) is 4.14. The number of carbonyl (C=O) groups excluding carboxylic acids is 1. The number of aliphatic hydroxyl groups is 1. The van der Waals surface area contributed by atoms with Crippen molar-refractivity contribution in [2.75, 3.05) is 73.5 Å². The summed E-state index contributed by atoms with van der Waals surface area (Å²) < 4.78 is 27.3. The van der Waals surface area contributed by atoms with E-state index in [-0.39, 0.29) is 12.5 Å². The molecule has 0 aromatic heterocycles. The van der Waals surface area contributed by atoms with Crippen LogP contribution >= 0.6 is 0 Å². The average molecular weight is 531 g/mol. The molecule has 210 valence electrons. The minimum atomic E-state index is -0.130. The molecule has 0 saturated carbocycles. The van der Waals surface area contributed by atoms with Crippen molar-refractivity contribution in [3.05, 3.63) is 52.6 Å². The maximum atomic E-state index is 12.9. The molecule has 1 aliphatic rings. The van der Waals surface area contributed by atoms with E-state index < -0.39 is 0 Å². The number of fused-ring (bicyclic) bond motifs is 1. The summed E-state index contributed by atoms with van der Waals surface area (Å²) >= 11 is 0. The van der Waals surface area contributed by atoms with Gasteiger partial charge >= 0.3 is 0 Å². The largest absolute Gasteiger partial charge is 0.493 e. The fraction of sp³-hybridized carbons (Fsp3) is 0.552. The molecule has 0 bridgehead atoms. The van der Waals surface area contributed by atoms with Crippen molar-refractivity contribution in [2.45, 2.75) is 32.7 Å². The molecular formula is C29H42N2O7. The highest BCUT2D eigenvalue weighted by molar-refractivity contribution is 5.97. The Morgan fingerprint density at radius 1 is 0.921 bits per heavy atom. The Hall–Kier alpha value is -2.85. The van der Waals surface area contributed by atoms with Crippen molar-refractivity contribution >= 4 is 5.91 Å². The number of unbranched alkanes of at least 4 members (excludes halogenated alkanes) is 1. The number of ether oxygens (including phenoxy) is 5. The van der Waals surface area contributed by atoms with Gasteiger partial charge in [-0.25, -0.2) is 0 Å². The monoisotopic (exact) mass is 530 g/mol. The van der Waals surface area contributed by atoms with Crippen molar-refractivity contribution < 1.29 is 33.6 Å². The maximum absolute atomic E-state index is 12.9. The first-order valence-corrected chi connectivity index (χ1v) is 13.3. The highest BCUT2D eigenvalue weighted by Crippen LogP contribution is 2.33. The summed E-state index contributed by atoms with van der Waals surface area (Å²) in [6, 6.07) is 9.78. The number of hydrogen-bond donors (Lipinski definition) is 2. The molecule has 2 aromatic rings. The van der Waals surface area contributed by atoms with Crippen LogP contribution in [0, 0.1) is 6.92 Å². The zero-order valence-electron chi connectivity index (χ0n) is 22.9. The van der Waals surface area contributed by atoms with Crippen LogP contribution in [-0.4, -0.2) is 89.4 Å². The lowest BCUT2D eigenvalue weighted by atomic mass is 9.98. The van der Waals surface area contributed by atoms with Gasteiger partial charge in [-0.2, -0.15) is 0 Å². The Morgan fingerprint density at radius 2 is 1.63 bits per heavy atom. The number of aliphatic hydroxyl groups excluding tert-OH is 1. The summed E-state index contributed by atoms with van der Waals surface area (Å²) in [5.74, 6) is 1.97. The topological polar surface area (TPSA) is 98.7 Å². The summed E-state index contributed by atoms with van der Waals surface area (Å²) in [4.78, 5) is 15.3. The van der Waals surface area contributed by atoms with Crippen LogP contribution in [0.15, 0.2) is 30.3 Å². The number of hydrogen-bond acceptors (Lipinski definition) is 8. The van der Waals surface area contributed by atoms with E-state index in [1.807, 2.05) is 25.1 Å². The third-order valence-electron chi connectivity index (χ3n) is 6.46. The Bertz CT molecular complexity index is 1010. The smallest absolute Gasteiger partial charge is 0.255 e. The Morgan fingerprint density at radius 3 is 2.37 bits per heavy atom. The molecule has 1 heterocycles. The Labute approximate surface area is 226 Å². The SMILES string of the molecule is COc1cc2c(cc1OC)CN(CCCCNC(=O)c1cc(C)ccc1OCCOCCOCCO)CC2. The molecule has 0 unspecified atom stereocenters. The van der Waals surface area contributed by atoms with E-state index in [0.29, 0.717) is 50.9 Å². The fourth-order valence-electron chi connectivity index (χ4n) is 4.43. The number of carbonyl (C=O) groups is 1. The predicted octanol–water partition coefficient (Wildman–Crippen LogP) is 2.98. The zero-order chi connectivity index (χ0) is 27.2. The molecule has 9 nitrogen and oxygen atoms in total. The molecule has 0 atom stereocenters. The number of benzene rings is 2. The standard InChI is InChI=1S/C29H42N2O7/c1-22-6-7-26(38-17-16-37-15-14-36-13-12-32)25(18-22)29(33)30-9-4-5-10-31-11-8-23-19-27(34-2)28(35-3)20-24(23)21-31/h6-7,18-20,32H,4-5,8-17,21H2,1-3H3,(H,30,33). The van der Waals surface area contributed by atoms with Gasteiger partial charge in [-0.15, -0.1) is 0 Å². The highest BCUT2D eigenvalue weighted by Gasteiger charge is 2.19. The van der Waals surface area contributed by atoms with Gasteiger partial charge in [-0.1, -0.05) is 11.6 Å². The van der Waals surface area contributed by atoms with Gasteiger partial charge in [0.1, 0.15) is 12.4 Å². The first-order valence-electron chi connectivity index (χ1n) is 13.3. The second kappa shape index (κ2) is 16.2. The molecule has 0 spiro atoms. The van der Waals surface area contributed by atoms with Gasteiger partial charge in [0, 0.05) is 19.6 Å². The van der Waals surface area contributed by atoms with Crippen LogP contribution < -0.4 is 19.5 Å². The van der Waals surface area contributed by atoms with E-state index in [1.54, 1.807) is 14.2 Å². The van der Waals surface area contributed by atoms with Crippen LogP contribution in [0.2, 0.25) is 0 Å². The average Bonchev–Trinajstić information content (AvgIpc) is 2.93. The van der Waals surface area contributed by atoms with Crippen LogP contribution in [0.1, 0.15) is 39.9 Å². The molecule has 2 N–H and O–H groups in total. The van der Waals surface area contributed by atoms with E-state index in [4.69, 9.17) is 28.8 Å². The number of nitrogens with zero attached hydrogens (tertiary/aromatic N) is 1. The van der Waals surface area contributed by atoms with Gasteiger partial charge in [0.05, 0.1) is 52.8 Å². The lowest BCUT2D eigenvalue weighted by molar-refractivity contribution is 0.0246. The van der Waals surface area contributed by atoms with Gasteiger partial charge in [-0.3, -0.25) is 9.69 Å². The molecule has 2 aromatic carbocycles. The number of aryl methyl sites for hydroxylation is 1. The van der Waals surface area contributed by atoms with Crippen molar-refractivity contribution in [3.63, 3.8) is 0 Å². The lowest BCUT2D eigenvalue weighted by Gasteiger charge is -2.29. The second-order valence-corrected chi connectivity index (χ2v) is 9.26. The normalized spacial score (nSPS) is 13.2. The van der Waals surface area contributed by atoms with Gasteiger partial charge in [0.25, 0.3) is 5.91 Å². The zero-order valence-corrected chi connectivity index (χ0v) is 22.9. The van der Waals surface area contributed by atoms with Gasteiger partial charge in [0.2, 0.25) is 0 Å². The van der Waals surface area contributed by atoms with E-state index in [9.17, 15) is 4.79 Å². The van der Waals surface area contributed by atoms with Crippen LogP contribution in [0.4, 0.5) is 0 Å². The summed E-state index contributed by atoms with van der Waals surface area (Å²) in [5, 5.41) is 11.7. The molecule has 38 heavy (non-hydrogen) atoms. The molecule has 0 saturated heterocycles. The Balaban J connectivity index is 1.38. The van der Waals surface area contributed by atoms with Crippen molar-refractivity contribution in [3.8, 4) is 17.2 Å². The van der Waals surface area contributed by atoms with Gasteiger partial charge in [0.15, 0.2) is 11.5 Å². The van der Waals surface area contributed by atoms with E-state index in [2.05, 4.69) is 22.3 Å². The summed E-state index contributed by atoms with van der Waals surface area (Å²) in [6.45, 7) is 7.33. The van der Waals surface area contributed by atoms with Crippen LogP contribution in [0.5, 0.6) is 17.2 Å². The van der Waals surface area contributed by atoms with Crippen LogP contribution in [0.3, 0.4) is 0 Å².